The Morgan fingerprint density at radius 2 is 1.62 bits per heavy atom. The molecule has 4 aromatic rings. The van der Waals surface area contributed by atoms with Gasteiger partial charge in [0, 0.05) is 35.7 Å². The highest BCUT2D eigenvalue weighted by molar-refractivity contribution is 5.85. The molecule has 1 N–H and O–H groups in total. The standard InChI is InChI=1S/C29H33N3/c1-22(23-12-5-3-6-13-23)31(2)19-11-20-32-21-18-26-25-16-9-10-17-27(25)30-28(26)29(32)24-14-7-4-8-15-24/h3-10,12-17,22,29-30H,11,18-21H2,1-2H3. The quantitative estimate of drug-likeness (QED) is 0.382. The number of para-hydroxylation sites is 1. The van der Waals surface area contributed by atoms with Crippen LogP contribution >= 0.6 is 0 Å². The molecule has 32 heavy (non-hydrogen) atoms. The van der Waals surface area contributed by atoms with Gasteiger partial charge in [0.2, 0.25) is 0 Å². The van der Waals surface area contributed by atoms with E-state index in [1.54, 1.807) is 0 Å². The van der Waals surface area contributed by atoms with E-state index in [1.165, 1.54) is 33.3 Å². The van der Waals surface area contributed by atoms with Gasteiger partial charge in [0.25, 0.3) is 0 Å². The second kappa shape index (κ2) is 9.32. The zero-order chi connectivity index (χ0) is 21.9. The molecule has 164 valence electrons. The second-order valence-electron chi connectivity index (χ2n) is 9.08. The summed E-state index contributed by atoms with van der Waals surface area (Å²) >= 11 is 0. The Kier molecular flexibility index (Phi) is 6.11. The Labute approximate surface area is 191 Å². The van der Waals surface area contributed by atoms with Crippen molar-refractivity contribution in [2.24, 2.45) is 0 Å². The lowest BCUT2D eigenvalue weighted by Crippen LogP contribution is -2.38. The number of rotatable bonds is 7. The van der Waals surface area contributed by atoms with E-state index in [4.69, 9.17) is 0 Å². The van der Waals surface area contributed by atoms with Crippen LogP contribution in [-0.2, 0) is 6.42 Å². The Bertz CT molecular complexity index is 1150. The molecule has 0 saturated carbocycles. The first-order valence-electron chi connectivity index (χ1n) is 11.9. The van der Waals surface area contributed by atoms with E-state index in [1.807, 2.05) is 0 Å². The molecule has 0 amide bonds. The maximum Gasteiger partial charge on any atom is 0.0757 e. The highest BCUT2D eigenvalue weighted by atomic mass is 15.2. The van der Waals surface area contributed by atoms with Gasteiger partial charge in [0.15, 0.2) is 0 Å². The van der Waals surface area contributed by atoms with Crippen molar-refractivity contribution in [2.75, 3.05) is 26.7 Å². The van der Waals surface area contributed by atoms with Crippen LogP contribution in [0.2, 0.25) is 0 Å². The first kappa shape index (κ1) is 21.0. The summed E-state index contributed by atoms with van der Waals surface area (Å²) in [5.41, 5.74) is 6.91. The van der Waals surface area contributed by atoms with Gasteiger partial charge in [-0.05, 0) is 56.1 Å². The van der Waals surface area contributed by atoms with E-state index in [-0.39, 0.29) is 0 Å². The number of hydrogen-bond donors (Lipinski definition) is 1. The molecule has 3 nitrogen and oxygen atoms in total. The van der Waals surface area contributed by atoms with Crippen LogP contribution in [0.25, 0.3) is 10.9 Å². The van der Waals surface area contributed by atoms with Crippen molar-refractivity contribution < 1.29 is 0 Å². The van der Waals surface area contributed by atoms with Crippen LogP contribution in [0.15, 0.2) is 84.9 Å². The van der Waals surface area contributed by atoms with E-state index < -0.39 is 0 Å². The van der Waals surface area contributed by atoms with Gasteiger partial charge in [-0.15, -0.1) is 0 Å². The van der Waals surface area contributed by atoms with Gasteiger partial charge >= 0.3 is 0 Å². The molecule has 0 radical (unpaired) electrons. The Morgan fingerprint density at radius 3 is 2.41 bits per heavy atom. The molecular formula is C29H33N3. The summed E-state index contributed by atoms with van der Waals surface area (Å²) in [6.45, 7) is 5.60. The summed E-state index contributed by atoms with van der Waals surface area (Å²) in [6, 6.07) is 31.3. The van der Waals surface area contributed by atoms with Crippen molar-refractivity contribution in [1.29, 1.82) is 0 Å². The van der Waals surface area contributed by atoms with E-state index in [0.717, 1.165) is 32.5 Å². The summed E-state index contributed by atoms with van der Waals surface area (Å²) < 4.78 is 0. The summed E-state index contributed by atoms with van der Waals surface area (Å²) in [5.74, 6) is 0. The normalized spacial score (nSPS) is 17.5. The average Bonchev–Trinajstić information content (AvgIpc) is 3.23. The molecule has 0 spiro atoms. The topological polar surface area (TPSA) is 22.3 Å². The third-order valence-electron chi connectivity index (χ3n) is 7.15. The zero-order valence-electron chi connectivity index (χ0n) is 19.2. The molecule has 2 atom stereocenters. The van der Waals surface area contributed by atoms with Gasteiger partial charge in [-0.2, -0.15) is 0 Å². The van der Waals surface area contributed by atoms with Crippen molar-refractivity contribution in [3.63, 3.8) is 0 Å². The highest BCUT2D eigenvalue weighted by Gasteiger charge is 2.31. The minimum atomic E-state index is 0.296. The zero-order valence-corrected chi connectivity index (χ0v) is 19.2. The molecule has 3 heteroatoms. The molecule has 1 aliphatic heterocycles. The fraction of sp³-hybridized carbons (Fsp3) is 0.310. The molecule has 1 aliphatic rings. The third kappa shape index (κ3) is 4.11. The minimum Gasteiger partial charge on any atom is -0.357 e. The van der Waals surface area contributed by atoms with Crippen molar-refractivity contribution in [3.05, 3.63) is 107 Å². The maximum absolute atomic E-state index is 3.78. The highest BCUT2D eigenvalue weighted by Crippen LogP contribution is 2.38. The molecule has 0 bridgehead atoms. The van der Waals surface area contributed by atoms with Crippen LogP contribution < -0.4 is 0 Å². The molecule has 2 heterocycles. The Balaban J connectivity index is 1.34. The number of aromatic nitrogens is 1. The third-order valence-corrected chi connectivity index (χ3v) is 7.15. The van der Waals surface area contributed by atoms with Crippen molar-refractivity contribution in [1.82, 2.24) is 14.8 Å². The lowest BCUT2D eigenvalue weighted by atomic mass is 9.92. The van der Waals surface area contributed by atoms with E-state index in [9.17, 15) is 0 Å². The largest absolute Gasteiger partial charge is 0.357 e. The van der Waals surface area contributed by atoms with Crippen molar-refractivity contribution >= 4 is 10.9 Å². The number of aromatic amines is 1. The van der Waals surface area contributed by atoms with Crippen LogP contribution in [0, 0.1) is 0 Å². The molecule has 5 rings (SSSR count). The maximum atomic E-state index is 3.78. The van der Waals surface area contributed by atoms with Gasteiger partial charge < -0.3 is 4.98 Å². The van der Waals surface area contributed by atoms with Crippen molar-refractivity contribution in [2.45, 2.75) is 31.8 Å². The summed E-state index contributed by atoms with van der Waals surface area (Å²) in [4.78, 5) is 8.93. The first-order chi connectivity index (χ1) is 15.7. The average molecular weight is 424 g/mol. The number of benzene rings is 3. The summed E-state index contributed by atoms with van der Waals surface area (Å²) in [7, 11) is 2.25. The second-order valence-corrected chi connectivity index (χ2v) is 9.08. The van der Waals surface area contributed by atoms with Gasteiger partial charge in [0.1, 0.15) is 0 Å². The monoisotopic (exact) mass is 423 g/mol. The van der Waals surface area contributed by atoms with Crippen LogP contribution in [0.1, 0.15) is 47.8 Å². The summed E-state index contributed by atoms with van der Waals surface area (Å²) in [6.07, 6.45) is 2.27. The summed E-state index contributed by atoms with van der Waals surface area (Å²) in [5, 5.41) is 1.39. The van der Waals surface area contributed by atoms with E-state index >= 15 is 0 Å². The number of hydrogen-bond acceptors (Lipinski definition) is 2. The van der Waals surface area contributed by atoms with Gasteiger partial charge in [-0.3, -0.25) is 9.80 Å². The van der Waals surface area contributed by atoms with Gasteiger partial charge in [-0.25, -0.2) is 0 Å². The molecular weight excluding hydrogens is 390 g/mol. The first-order valence-corrected chi connectivity index (χ1v) is 11.9. The smallest absolute Gasteiger partial charge is 0.0757 e. The van der Waals surface area contributed by atoms with Crippen LogP contribution in [0.5, 0.6) is 0 Å². The molecule has 2 unspecified atom stereocenters. The van der Waals surface area contributed by atoms with Gasteiger partial charge in [0.05, 0.1) is 6.04 Å². The van der Waals surface area contributed by atoms with Gasteiger partial charge in [-0.1, -0.05) is 78.9 Å². The Morgan fingerprint density at radius 1 is 0.938 bits per heavy atom. The van der Waals surface area contributed by atoms with Crippen LogP contribution in [-0.4, -0.2) is 41.5 Å². The molecule has 0 saturated heterocycles. The van der Waals surface area contributed by atoms with E-state index in [0.29, 0.717) is 12.1 Å². The fourth-order valence-corrected chi connectivity index (χ4v) is 5.25. The molecule has 0 fully saturated rings. The predicted molar refractivity (Wildman–Crippen MR) is 134 cm³/mol. The number of H-pyrrole nitrogens is 1. The number of nitrogens with one attached hydrogen (secondary N) is 1. The van der Waals surface area contributed by atoms with E-state index in [2.05, 4.69) is 114 Å². The lowest BCUT2D eigenvalue weighted by Gasteiger charge is -2.37. The molecule has 0 aliphatic carbocycles. The lowest BCUT2D eigenvalue weighted by molar-refractivity contribution is 0.185. The van der Waals surface area contributed by atoms with Crippen molar-refractivity contribution in [3.8, 4) is 0 Å². The van der Waals surface area contributed by atoms with Crippen LogP contribution in [0.3, 0.4) is 0 Å². The van der Waals surface area contributed by atoms with Crippen LogP contribution in [0.4, 0.5) is 0 Å². The fourth-order valence-electron chi connectivity index (χ4n) is 5.25. The molecule has 1 aromatic heterocycles. The predicted octanol–water partition coefficient (Wildman–Crippen LogP) is 6.20. The molecule has 3 aromatic carbocycles. The number of nitrogens with zero attached hydrogens (tertiary/aromatic N) is 2. The minimum absolute atomic E-state index is 0.296. The Hall–Kier alpha value is -2.88. The SMILES string of the molecule is CC(c1ccccc1)N(C)CCCN1CCc2c([nH]c3ccccc23)C1c1ccccc1. The number of fused-ring (bicyclic) bond motifs is 3.